The van der Waals surface area contributed by atoms with Gasteiger partial charge in [-0.05, 0) is 30.8 Å². The summed E-state index contributed by atoms with van der Waals surface area (Å²) in [6.45, 7) is 5.93. The number of imide groups is 1. The smallest absolute Gasteiger partial charge is 0.282 e. The van der Waals surface area contributed by atoms with E-state index in [9.17, 15) is 14.0 Å². The lowest BCUT2D eigenvalue weighted by Crippen LogP contribution is -2.47. The molecule has 2 aliphatic rings. The number of piperazine rings is 1. The monoisotopic (exact) mass is 409 g/mol. The van der Waals surface area contributed by atoms with Crippen molar-refractivity contribution < 1.29 is 18.7 Å². The van der Waals surface area contributed by atoms with E-state index in [0.29, 0.717) is 35.7 Å². The minimum atomic E-state index is -0.503. The molecule has 1 saturated heterocycles. The number of hydrogen-bond donors (Lipinski definition) is 0. The fourth-order valence-electron chi connectivity index (χ4n) is 4.04. The number of benzene rings is 2. The largest absolute Gasteiger partial charge is 0.496 e. The molecule has 156 valence electrons. The van der Waals surface area contributed by atoms with Crippen molar-refractivity contribution in [1.82, 2.24) is 9.80 Å². The van der Waals surface area contributed by atoms with Crippen LogP contribution in [0.1, 0.15) is 12.5 Å². The molecular weight excluding hydrogens is 385 g/mol. The van der Waals surface area contributed by atoms with Crippen molar-refractivity contribution in [2.45, 2.75) is 6.92 Å². The second-order valence-corrected chi connectivity index (χ2v) is 7.27. The zero-order chi connectivity index (χ0) is 21.3. The van der Waals surface area contributed by atoms with Gasteiger partial charge in [-0.1, -0.05) is 31.2 Å². The third kappa shape index (κ3) is 3.45. The summed E-state index contributed by atoms with van der Waals surface area (Å²) in [5, 5.41) is 0. The highest BCUT2D eigenvalue weighted by Gasteiger charge is 2.43. The minimum Gasteiger partial charge on any atom is -0.496 e. The number of amides is 2. The molecule has 0 bridgehead atoms. The normalized spacial score (nSPS) is 17.8. The maximum Gasteiger partial charge on any atom is 0.282 e. The predicted molar refractivity (Wildman–Crippen MR) is 112 cm³/mol. The molecule has 2 heterocycles. The van der Waals surface area contributed by atoms with Crippen LogP contribution in [0, 0.1) is 5.82 Å². The van der Waals surface area contributed by atoms with Crippen LogP contribution in [-0.2, 0) is 9.59 Å². The number of anilines is 1. The second-order valence-electron chi connectivity index (χ2n) is 7.27. The molecule has 2 amide bonds. The van der Waals surface area contributed by atoms with Gasteiger partial charge in [0.2, 0.25) is 0 Å². The zero-order valence-corrected chi connectivity index (χ0v) is 17.1. The van der Waals surface area contributed by atoms with Gasteiger partial charge in [-0.2, -0.15) is 0 Å². The van der Waals surface area contributed by atoms with Gasteiger partial charge in [0.1, 0.15) is 17.3 Å². The van der Waals surface area contributed by atoms with E-state index in [-0.39, 0.29) is 5.69 Å². The number of nitrogens with zero attached hydrogens (tertiary/aromatic N) is 3. The Kier molecular flexibility index (Phi) is 5.55. The van der Waals surface area contributed by atoms with E-state index in [1.807, 2.05) is 11.0 Å². The molecule has 0 unspecified atom stereocenters. The highest BCUT2D eigenvalue weighted by Crippen LogP contribution is 2.38. The first kappa shape index (κ1) is 20.1. The summed E-state index contributed by atoms with van der Waals surface area (Å²) in [6.07, 6.45) is 0. The average Bonchev–Trinajstić information content (AvgIpc) is 3.03. The second kappa shape index (κ2) is 8.28. The summed E-state index contributed by atoms with van der Waals surface area (Å²) >= 11 is 0. The van der Waals surface area contributed by atoms with E-state index in [2.05, 4.69) is 11.8 Å². The Bertz CT molecular complexity index is 1010. The Hall–Kier alpha value is -3.19. The molecule has 0 radical (unpaired) electrons. The molecule has 0 N–H and O–H groups in total. The molecular formula is C23H24FN3O3. The number of rotatable bonds is 5. The van der Waals surface area contributed by atoms with E-state index in [1.54, 1.807) is 24.3 Å². The molecule has 0 atom stereocenters. The molecule has 2 aromatic rings. The number of ether oxygens (including phenoxy) is 1. The van der Waals surface area contributed by atoms with Gasteiger partial charge in [-0.15, -0.1) is 0 Å². The molecule has 6 nitrogen and oxygen atoms in total. The molecule has 4 rings (SSSR count). The van der Waals surface area contributed by atoms with Crippen LogP contribution in [0.15, 0.2) is 54.2 Å². The van der Waals surface area contributed by atoms with E-state index in [0.717, 1.165) is 24.5 Å². The van der Waals surface area contributed by atoms with E-state index in [1.165, 1.54) is 25.3 Å². The van der Waals surface area contributed by atoms with Crippen LogP contribution in [0.25, 0.3) is 5.57 Å². The Labute approximate surface area is 175 Å². The SMILES string of the molecule is CCN1CCN(C2=C(c3ccccc3OC)C(=O)N(c3cccc(F)c3)C2=O)CC1. The van der Waals surface area contributed by atoms with Crippen LogP contribution in [0.3, 0.4) is 0 Å². The van der Waals surface area contributed by atoms with Crippen LogP contribution in [0.4, 0.5) is 10.1 Å². The Morgan fingerprint density at radius 1 is 0.967 bits per heavy atom. The number of para-hydroxylation sites is 1. The summed E-state index contributed by atoms with van der Waals surface area (Å²) in [5.74, 6) is -0.893. The van der Waals surface area contributed by atoms with Crippen molar-refractivity contribution >= 4 is 23.1 Å². The van der Waals surface area contributed by atoms with Gasteiger partial charge in [0.05, 0.1) is 18.4 Å². The number of carbonyl (C=O) groups is 2. The molecule has 0 spiro atoms. The van der Waals surface area contributed by atoms with Gasteiger partial charge in [0.15, 0.2) is 0 Å². The standard InChI is InChI=1S/C23H24FN3O3/c1-3-25-11-13-26(14-12-25)21-20(18-9-4-5-10-19(18)30-2)22(28)27(23(21)29)17-8-6-7-16(24)15-17/h4-10,15H,3,11-14H2,1-2H3. The first-order chi connectivity index (χ1) is 14.5. The Morgan fingerprint density at radius 2 is 1.70 bits per heavy atom. The van der Waals surface area contributed by atoms with Crippen molar-refractivity contribution in [1.29, 1.82) is 0 Å². The van der Waals surface area contributed by atoms with Gasteiger partial charge in [0.25, 0.3) is 11.8 Å². The predicted octanol–water partition coefficient (Wildman–Crippen LogP) is 2.76. The molecule has 0 aromatic heterocycles. The maximum atomic E-state index is 13.8. The molecule has 0 saturated carbocycles. The molecule has 1 fully saturated rings. The number of hydrogen-bond acceptors (Lipinski definition) is 5. The zero-order valence-electron chi connectivity index (χ0n) is 17.1. The Morgan fingerprint density at radius 3 is 2.37 bits per heavy atom. The van der Waals surface area contributed by atoms with Crippen molar-refractivity contribution in [3.8, 4) is 5.75 Å². The topological polar surface area (TPSA) is 53.1 Å². The quantitative estimate of drug-likeness (QED) is 0.711. The highest BCUT2D eigenvalue weighted by molar-refractivity contribution is 6.45. The van der Waals surface area contributed by atoms with Gasteiger partial charge in [-0.3, -0.25) is 9.59 Å². The summed E-state index contributed by atoms with van der Waals surface area (Å²) in [4.78, 5) is 32.3. The first-order valence-corrected chi connectivity index (χ1v) is 10.0. The molecule has 0 aliphatic carbocycles. The highest BCUT2D eigenvalue weighted by atomic mass is 19.1. The lowest BCUT2D eigenvalue weighted by Gasteiger charge is -2.36. The molecule has 2 aromatic carbocycles. The summed E-state index contributed by atoms with van der Waals surface area (Å²) < 4.78 is 19.3. The van der Waals surface area contributed by atoms with Crippen LogP contribution in [0.5, 0.6) is 5.75 Å². The summed E-state index contributed by atoms with van der Waals surface area (Å²) in [7, 11) is 1.53. The minimum absolute atomic E-state index is 0.222. The summed E-state index contributed by atoms with van der Waals surface area (Å²) in [6, 6.07) is 12.7. The summed E-state index contributed by atoms with van der Waals surface area (Å²) in [5.41, 5.74) is 1.43. The van der Waals surface area contributed by atoms with Crippen LogP contribution < -0.4 is 9.64 Å². The van der Waals surface area contributed by atoms with Gasteiger partial charge >= 0.3 is 0 Å². The first-order valence-electron chi connectivity index (χ1n) is 10.0. The van der Waals surface area contributed by atoms with Gasteiger partial charge < -0.3 is 14.5 Å². The van der Waals surface area contributed by atoms with Gasteiger partial charge in [-0.25, -0.2) is 9.29 Å². The lowest BCUT2D eigenvalue weighted by atomic mass is 10.0. The molecule has 7 heteroatoms. The maximum absolute atomic E-state index is 13.8. The average molecular weight is 409 g/mol. The number of likely N-dealkylation sites (N-methyl/N-ethyl adjacent to an activating group) is 1. The number of carbonyl (C=O) groups excluding carboxylic acids is 2. The Balaban J connectivity index is 1.82. The van der Waals surface area contributed by atoms with Crippen molar-refractivity contribution in [2.24, 2.45) is 0 Å². The van der Waals surface area contributed by atoms with Crippen LogP contribution in [0.2, 0.25) is 0 Å². The third-order valence-corrected chi connectivity index (χ3v) is 5.64. The van der Waals surface area contributed by atoms with E-state index >= 15 is 0 Å². The van der Waals surface area contributed by atoms with Crippen molar-refractivity contribution in [3.63, 3.8) is 0 Å². The van der Waals surface area contributed by atoms with Crippen molar-refractivity contribution in [3.05, 3.63) is 65.6 Å². The fraction of sp³-hybridized carbons (Fsp3) is 0.304. The lowest BCUT2D eigenvalue weighted by molar-refractivity contribution is -0.120. The number of methoxy groups -OCH3 is 1. The third-order valence-electron chi connectivity index (χ3n) is 5.64. The van der Waals surface area contributed by atoms with Crippen LogP contribution >= 0.6 is 0 Å². The van der Waals surface area contributed by atoms with Gasteiger partial charge in [0, 0.05) is 31.7 Å². The van der Waals surface area contributed by atoms with E-state index in [4.69, 9.17) is 4.74 Å². The van der Waals surface area contributed by atoms with Crippen LogP contribution in [-0.4, -0.2) is 61.4 Å². The fourth-order valence-corrected chi connectivity index (χ4v) is 4.04. The molecule has 2 aliphatic heterocycles. The van der Waals surface area contributed by atoms with E-state index < -0.39 is 17.6 Å². The number of halogens is 1. The molecule has 30 heavy (non-hydrogen) atoms. The van der Waals surface area contributed by atoms with Crippen molar-refractivity contribution in [2.75, 3.05) is 44.7 Å².